The molecule has 0 aliphatic heterocycles. The maximum atomic E-state index is 12.1. The second-order valence-electron chi connectivity index (χ2n) is 5.70. The first kappa shape index (κ1) is 15.3. The van der Waals surface area contributed by atoms with Crippen molar-refractivity contribution < 1.29 is 4.79 Å². The molecule has 1 heterocycles. The predicted octanol–water partition coefficient (Wildman–Crippen LogP) is 3.91. The van der Waals surface area contributed by atoms with Crippen LogP contribution < -0.4 is 5.32 Å². The highest BCUT2D eigenvalue weighted by Crippen LogP contribution is 2.19. The first-order valence-corrected chi connectivity index (χ1v) is 8.15. The van der Waals surface area contributed by atoms with Gasteiger partial charge in [-0.05, 0) is 36.4 Å². The molecule has 118 valence electrons. The van der Waals surface area contributed by atoms with Gasteiger partial charge in [-0.2, -0.15) is 0 Å². The first-order valence-electron chi connectivity index (χ1n) is 8.15. The molecule has 0 fully saturated rings. The molecule has 1 amide bonds. The molecule has 0 radical (unpaired) electrons. The minimum atomic E-state index is 0.0989. The van der Waals surface area contributed by atoms with Gasteiger partial charge < -0.3 is 9.88 Å². The summed E-state index contributed by atoms with van der Waals surface area (Å²) >= 11 is 0. The molecule has 0 aliphatic carbocycles. The number of carbonyl (C=O) groups is 1. The zero-order valence-corrected chi connectivity index (χ0v) is 13.5. The maximum Gasteiger partial charge on any atom is 0.220 e. The Morgan fingerprint density at radius 3 is 2.57 bits per heavy atom. The van der Waals surface area contributed by atoms with Crippen molar-refractivity contribution in [1.29, 1.82) is 0 Å². The largest absolute Gasteiger partial charge is 0.351 e. The van der Waals surface area contributed by atoms with Crippen LogP contribution in [0.5, 0.6) is 0 Å². The van der Waals surface area contributed by atoms with Gasteiger partial charge in [-0.1, -0.05) is 48.5 Å². The summed E-state index contributed by atoms with van der Waals surface area (Å²) in [6, 6.07) is 20.6. The second kappa shape index (κ2) is 7.14. The maximum absolute atomic E-state index is 12.1. The highest BCUT2D eigenvalue weighted by Gasteiger charge is 2.08. The van der Waals surface area contributed by atoms with Crippen molar-refractivity contribution >= 4 is 16.8 Å². The summed E-state index contributed by atoms with van der Waals surface area (Å²) < 4.78 is 2.26. The van der Waals surface area contributed by atoms with Gasteiger partial charge in [0.05, 0.1) is 6.54 Å². The Morgan fingerprint density at radius 1 is 1.04 bits per heavy atom. The van der Waals surface area contributed by atoms with E-state index in [0.717, 1.165) is 18.7 Å². The van der Waals surface area contributed by atoms with E-state index in [4.69, 9.17) is 0 Å². The van der Waals surface area contributed by atoms with E-state index < -0.39 is 0 Å². The van der Waals surface area contributed by atoms with Crippen LogP contribution in [0.15, 0.2) is 60.7 Å². The lowest BCUT2D eigenvalue weighted by Crippen LogP contribution is -2.24. The third-order valence-corrected chi connectivity index (χ3v) is 4.16. The van der Waals surface area contributed by atoms with Crippen LogP contribution in [0.1, 0.15) is 24.6 Å². The minimum Gasteiger partial charge on any atom is -0.351 e. The molecule has 3 heteroatoms. The third-order valence-electron chi connectivity index (χ3n) is 4.16. The van der Waals surface area contributed by atoms with Crippen molar-refractivity contribution in [2.45, 2.75) is 32.9 Å². The summed E-state index contributed by atoms with van der Waals surface area (Å²) in [7, 11) is 0. The van der Waals surface area contributed by atoms with Crippen molar-refractivity contribution in [2.24, 2.45) is 0 Å². The summed E-state index contributed by atoms with van der Waals surface area (Å²) in [4.78, 5) is 12.1. The fourth-order valence-electron chi connectivity index (χ4n) is 2.97. The molecule has 2 aromatic carbocycles. The van der Waals surface area contributed by atoms with Crippen LogP contribution in [0.3, 0.4) is 0 Å². The monoisotopic (exact) mass is 306 g/mol. The number of hydrogen-bond acceptors (Lipinski definition) is 1. The number of fused-ring (bicyclic) bond motifs is 1. The molecule has 0 atom stereocenters. The Morgan fingerprint density at radius 2 is 1.78 bits per heavy atom. The van der Waals surface area contributed by atoms with Crippen molar-refractivity contribution in [2.75, 3.05) is 0 Å². The molecule has 1 N–H and O–H groups in total. The third kappa shape index (κ3) is 3.62. The molecular formula is C20H22N2O. The number of rotatable bonds is 6. The summed E-state index contributed by atoms with van der Waals surface area (Å²) in [5, 5.41) is 4.27. The van der Waals surface area contributed by atoms with Crippen molar-refractivity contribution in [3.8, 4) is 0 Å². The number of carbonyl (C=O) groups excluding carboxylic acids is 1. The van der Waals surface area contributed by atoms with Gasteiger partial charge in [-0.15, -0.1) is 0 Å². The topological polar surface area (TPSA) is 34.0 Å². The van der Waals surface area contributed by atoms with E-state index in [2.05, 4.69) is 53.2 Å². The lowest BCUT2D eigenvalue weighted by atomic mass is 10.1. The standard InChI is InChI=1S/C20H22N2O/c1-2-22-18(14-17-10-6-7-11-19(17)22)15-21-20(23)13-12-16-8-4-3-5-9-16/h3-11,14H,2,12-13,15H2,1H3,(H,21,23). The smallest absolute Gasteiger partial charge is 0.220 e. The highest BCUT2D eigenvalue weighted by atomic mass is 16.1. The van der Waals surface area contributed by atoms with Crippen molar-refractivity contribution in [3.63, 3.8) is 0 Å². The molecule has 0 aliphatic rings. The molecule has 0 saturated heterocycles. The van der Waals surface area contributed by atoms with E-state index in [-0.39, 0.29) is 5.91 Å². The van der Waals surface area contributed by atoms with Crippen LogP contribution in [0, 0.1) is 0 Å². The van der Waals surface area contributed by atoms with Gasteiger partial charge in [-0.25, -0.2) is 0 Å². The Bertz CT molecular complexity index is 790. The van der Waals surface area contributed by atoms with Crippen LogP contribution in [0.2, 0.25) is 0 Å². The van der Waals surface area contributed by atoms with Gasteiger partial charge in [0.15, 0.2) is 0 Å². The molecule has 3 rings (SSSR count). The Balaban J connectivity index is 1.60. The SMILES string of the molecule is CCn1c(CNC(=O)CCc2ccccc2)cc2ccccc21. The van der Waals surface area contributed by atoms with E-state index >= 15 is 0 Å². The number of para-hydroxylation sites is 1. The van der Waals surface area contributed by atoms with E-state index in [1.54, 1.807) is 0 Å². The second-order valence-corrected chi connectivity index (χ2v) is 5.70. The molecule has 3 nitrogen and oxygen atoms in total. The van der Waals surface area contributed by atoms with Crippen molar-refractivity contribution in [3.05, 3.63) is 71.9 Å². The van der Waals surface area contributed by atoms with E-state index in [0.29, 0.717) is 13.0 Å². The normalized spacial score (nSPS) is 10.8. The van der Waals surface area contributed by atoms with Gasteiger partial charge in [0, 0.05) is 24.2 Å². The Hall–Kier alpha value is -2.55. The van der Waals surface area contributed by atoms with Crippen LogP contribution in [-0.2, 0) is 24.3 Å². The molecule has 23 heavy (non-hydrogen) atoms. The molecule has 0 spiro atoms. The summed E-state index contributed by atoms with van der Waals surface area (Å²) in [5.41, 5.74) is 3.58. The number of nitrogens with zero attached hydrogens (tertiary/aromatic N) is 1. The quantitative estimate of drug-likeness (QED) is 0.736. The van der Waals surface area contributed by atoms with E-state index in [1.165, 1.54) is 16.5 Å². The molecular weight excluding hydrogens is 284 g/mol. The lowest BCUT2D eigenvalue weighted by Gasteiger charge is -2.09. The Labute approximate surface area is 136 Å². The zero-order valence-electron chi connectivity index (χ0n) is 13.5. The first-order chi connectivity index (χ1) is 11.3. The van der Waals surface area contributed by atoms with Gasteiger partial charge in [-0.3, -0.25) is 4.79 Å². The number of benzene rings is 2. The van der Waals surface area contributed by atoms with Crippen LogP contribution in [0.25, 0.3) is 10.9 Å². The van der Waals surface area contributed by atoms with E-state index in [9.17, 15) is 4.79 Å². The molecule has 0 unspecified atom stereocenters. The summed E-state index contributed by atoms with van der Waals surface area (Å²) in [6.07, 6.45) is 1.31. The molecule has 0 bridgehead atoms. The van der Waals surface area contributed by atoms with E-state index in [1.807, 2.05) is 24.3 Å². The number of hydrogen-bond donors (Lipinski definition) is 1. The average Bonchev–Trinajstić information content (AvgIpc) is 2.96. The highest BCUT2D eigenvalue weighted by molar-refractivity contribution is 5.81. The van der Waals surface area contributed by atoms with Gasteiger partial charge in [0.25, 0.3) is 0 Å². The van der Waals surface area contributed by atoms with Gasteiger partial charge in [0.2, 0.25) is 5.91 Å². The summed E-state index contributed by atoms with van der Waals surface area (Å²) in [6.45, 7) is 3.62. The fraction of sp³-hybridized carbons (Fsp3) is 0.250. The van der Waals surface area contributed by atoms with Gasteiger partial charge in [0.1, 0.15) is 0 Å². The zero-order chi connectivity index (χ0) is 16.1. The number of aromatic nitrogens is 1. The number of amides is 1. The van der Waals surface area contributed by atoms with Crippen LogP contribution in [0.4, 0.5) is 0 Å². The Kier molecular flexibility index (Phi) is 4.77. The lowest BCUT2D eigenvalue weighted by molar-refractivity contribution is -0.121. The number of nitrogens with one attached hydrogen (secondary N) is 1. The van der Waals surface area contributed by atoms with Crippen LogP contribution in [-0.4, -0.2) is 10.5 Å². The molecule has 1 aromatic heterocycles. The van der Waals surface area contributed by atoms with Crippen molar-refractivity contribution in [1.82, 2.24) is 9.88 Å². The number of aryl methyl sites for hydroxylation is 2. The molecule has 3 aromatic rings. The van der Waals surface area contributed by atoms with Crippen LogP contribution >= 0.6 is 0 Å². The fourth-order valence-corrected chi connectivity index (χ4v) is 2.97. The van der Waals surface area contributed by atoms with Gasteiger partial charge >= 0.3 is 0 Å². The predicted molar refractivity (Wildman–Crippen MR) is 94.2 cm³/mol. The molecule has 0 saturated carbocycles. The average molecular weight is 306 g/mol. The summed E-state index contributed by atoms with van der Waals surface area (Å²) in [5.74, 6) is 0.0989. The minimum absolute atomic E-state index is 0.0989.